The van der Waals surface area contributed by atoms with E-state index in [-0.39, 0.29) is 30.1 Å². The fourth-order valence-electron chi connectivity index (χ4n) is 2.43. The second-order valence-electron chi connectivity index (χ2n) is 6.39. The van der Waals surface area contributed by atoms with E-state index in [4.69, 9.17) is 14.6 Å². The number of carbonyl (C=O) groups is 3. The third-order valence-corrected chi connectivity index (χ3v) is 4.10. The van der Waals surface area contributed by atoms with Gasteiger partial charge in [0.2, 0.25) is 0 Å². The molecule has 2 rings (SSSR count). The molecule has 0 aromatic heterocycles. The highest BCUT2D eigenvalue weighted by Gasteiger charge is 2.22. The van der Waals surface area contributed by atoms with E-state index >= 15 is 0 Å². The van der Waals surface area contributed by atoms with Crippen molar-refractivity contribution in [2.24, 2.45) is 0 Å². The van der Waals surface area contributed by atoms with Gasteiger partial charge in [0.1, 0.15) is 5.82 Å². The Kier molecular flexibility index (Phi) is 8.89. The van der Waals surface area contributed by atoms with Gasteiger partial charge >= 0.3 is 11.9 Å². The minimum Gasteiger partial charge on any atom is -0.491 e. The van der Waals surface area contributed by atoms with Gasteiger partial charge in [-0.2, -0.15) is 0 Å². The molecule has 8 nitrogen and oxygen atoms in total. The minimum atomic E-state index is -1.28. The number of carboxylic acids is 1. The van der Waals surface area contributed by atoms with E-state index in [0.29, 0.717) is 12.8 Å². The molecule has 1 atom stereocenters. The highest BCUT2D eigenvalue weighted by atomic mass is 19.1. The maximum absolute atomic E-state index is 13.7. The number of rotatable bonds is 11. The second-order valence-corrected chi connectivity index (χ2v) is 6.39. The largest absolute Gasteiger partial charge is 0.491 e. The van der Waals surface area contributed by atoms with Gasteiger partial charge in [0.25, 0.3) is 5.91 Å². The first kappa shape index (κ1) is 23.7. The molecular weight excluding hydrogens is 416 g/mol. The first-order valence-corrected chi connectivity index (χ1v) is 9.31. The van der Waals surface area contributed by atoms with Crippen LogP contribution in [0.15, 0.2) is 42.5 Å². The van der Waals surface area contributed by atoms with Crippen LogP contribution in [0.2, 0.25) is 0 Å². The van der Waals surface area contributed by atoms with Crippen molar-refractivity contribution in [2.45, 2.75) is 18.9 Å². The molecule has 0 unspecified atom stereocenters. The molecule has 2 aromatic carbocycles. The van der Waals surface area contributed by atoms with Crippen molar-refractivity contribution in [3.05, 3.63) is 65.2 Å². The molecule has 0 spiro atoms. The fraction of sp³-hybridized carbons (Fsp3) is 0.286. The number of carboxylic acid groups (broad SMARTS) is 1. The van der Waals surface area contributed by atoms with E-state index < -0.39 is 42.1 Å². The maximum atomic E-state index is 13.7. The number of aliphatic hydroxyl groups is 1. The smallest absolute Gasteiger partial charge is 0.335 e. The number of nitrogens with one attached hydrogen (secondary N) is 1. The molecule has 31 heavy (non-hydrogen) atoms. The predicted octanol–water partition coefficient (Wildman–Crippen LogP) is 2.16. The molecule has 0 heterocycles. The summed E-state index contributed by atoms with van der Waals surface area (Å²) in [6, 6.07) is 6.67. The lowest BCUT2D eigenvalue weighted by molar-refractivity contribution is -0.147. The van der Waals surface area contributed by atoms with Gasteiger partial charge in [-0.3, -0.25) is 4.79 Å². The summed E-state index contributed by atoms with van der Waals surface area (Å²) in [4.78, 5) is 34.8. The molecule has 3 N–H and O–H groups in total. The summed E-state index contributed by atoms with van der Waals surface area (Å²) in [6.45, 7) is -0.600. The quantitative estimate of drug-likeness (QED) is 0.364. The zero-order valence-electron chi connectivity index (χ0n) is 16.3. The number of hydrogen-bond donors (Lipinski definition) is 3. The molecule has 0 bridgehead atoms. The molecule has 0 radical (unpaired) electrons. The van der Waals surface area contributed by atoms with Gasteiger partial charge < -0.3 is 25.0 Å². The van der Waals surface area contributed by atoms with Gasteiger partial charge in [-0.25, -0.2) is 18.4 Å². The van der Waals surface area contributed by atoms with E-state index in [1.54, 1.807) is 0 Å². The van der Waals surface area contributed by atoms with Crippen molar-refractivity contribution in [1.82, 2.24) is 5.32 Å². The van der Waals surface area contributed by atoms with Gasteiger partial charge in [0.05, 0.1) is 25.4 Å². The van der Waals surface area contributed by atoms with Gasteiger partial charge in [0, 0.05) is 5.56 Å². The fourth-order valence-corrected chi connectivity index (χ4v) is 2.43. The molecule has 2 aromatic rings. The molecule has 0 fully saturated rings. The van der Waals surface area contributed by atoms with E-state index in [9.17, 15) is 28.3 Å². The van der Waals surface area contributed by atoms with Gasteiger partial charge in [-0.15, -0.1) is 0 Å². The summed E-state index contributed by atoms with van der Waals surface area (Å²) in [7, 11) is 0. The standard InChI is InChI=1S/C21H21F2NO7/c22-15-6-3-13(4-7-15)19(26)24-17(12-25)21(29)31-10-2-1-9-30-18-8-5-14(20(27)28)11-16(18)23/h3-8,11,17,25H,1-2,9-10,12H2,(H,24,26)(H,27,28)/t17-/m0/s1. The predicted molar refractivity (Wildman–Crippen MR) is 104 cm³/mol. The van der Waals surface area contributed by atoms with E-state index in [2.05, 4.69) is 5.32 Å². The molecule has 0 saturated heterocycles. The summed E-state index contributed by atoms with van der Waals surface area (Å²) in [6.07, 6.45) is 0.768. The van der Waals surface area contributed by atoms with Crippen molar-refractivity contribution in [3.8, 4) is 5.75 Å². The van der Waals surface area contributed by atoms with E-state index in [1.807, 2.05) is 0 Å². The van der Waals surface area contributed by atoms with Crippen molar-refractivity contribution in [1.29, 1.82) is 0 Å². The number of unbranched alkanes of at least 4 members (excludes halogenated alkanes) is 1. The van der Waals surface area contributed by atoms with Crippen molar-refractivity contribution < 1.29 is 42.9 Å². The monoisotopic (exact) mass is 437 g/mol. The van der Waals surface area contributed by atoms with Crippen molar-refractivity contribution in [3.63, 3.8) is 0 Å². The number of benzene rings is 2. The summed E-state index contributed by atoms with van der Waals surface area (Å²) >= 11 is 0. The molecule has 10 heteroatoms. The third-order valence-electron chi connectivity index (χ3n) is 4.10. The average Bonchev–Trinajstić information content (AvgIpc) is 2.75. The number of aromatic carboxylic acids is 1. The number of esters is 1. The van der Waals surface area contributed by atoms with Crippen LogP contribution in [0.4, 0.5) is 8.78 Å². The average molecular weight is 437 g/mol. The summed E-state index contributed by atoms with van der Waals surface area (Å²) in [5.74, 6) is -4.16. The Morgan fingerprint density at radius 2 is 1.61 bits per heavy atom. The van der Waals surface area contributed by atoms with Crippen molar-refractivity contribution in [2.75, 3.05) is 19.8 Å². The van der Waals surface area contributed by atoms with E-state index in [0.717, 1.165) is 18.2 Å². The van der Waals surface area contributed by atoms with Crippen LogP contribution in [0.3, 0.4) is 0 Å². The topological polar surface area (TPSA) is 122 Å². The van der Waals surface area contributed by atoms with Crippen LogP contribution in [0, 0.1) is 11.6 Å². The Balaban J connectivity index is 1.70. The zero-order chi connectivity index (χ0) is 22.8. The molecule has 166 valence electrons. The Morgan fingerprint density at radius 3 is 2.23 bits per heavy atom. The molecule has 1 amide bonds. The summed E-state index contributed by atoms with van der Waals surface area (Å²) in [5, 5.41) is 20.4. The molecular formula is C21H21F2NO7. The maximum Gasteiger partial charge on any atom is 0.335 e. The van der Waals surface area contributed by atoms with Gasteiger partial charge in [0.15, 0.2) is 17.6 Å². The van der Waals surface area contributed by atoms with Crippen LogP contribution in [-0.2, 0) is 9.53 Å². The zero-order valence-corrected chi connectivity index (χ0v) is 16.3. The number of halogens is 2. The number of hydrogen-bond acceptors (Lipinski definition) is 6. The van der Waals surface area contributed by atoms with Crippen LogP contribution in [-0.4, -0.2) is 53.9 Å². The Bertz CT molecular complexity index is 918. The van der Waals surface area contributed by atoms with E-state index in [1.165, 1.54) is 24.3 Å². The van der Waals surface area contributed by atoms with Gasteiger partial charge in [-0.05, 0) is 55.3 Å². The lowest BCUT2D eigenvalue weighted by atomic mass is 10.2. The Hall–Kier alpha value is -3.53. The molecule has 0 aliphatic carbocycles. The lowest BCUT2D eigenvalue weighted by Gasteiger charge is -2.15. The molecule has 0 saturated carbocycles. The highest BCUT2D eigenvalue weighted by molar-refractivity contribution is 5.96. The van der Waals surface area contributed by atoms with Crippen LogP contribution in [0.25, 0.3) is 0 Å². The summed E-state index contributed by atoms with van der Waals surface area (Å²) in [5.41, 5.74) is -0.0739. The minimum absolute atomic E-state index is 0.0223. The summed E-state index contributed by atoms with van der Waals surface area (Å²) < 4.78 is 36.9. The van der Waals surface area contributed by atoms with Crippen LogP contribution >= 0.6 is 0 Å². The number of ether oxygens (including phenoxy) is 2. The lowest BCUT2D eigenvalue weighted by Crippen LogP contribution is -2.44. The molecule has 0 aliphatic rings. The van der Waals surface area contributed by atoms with Crippen LogP contribution < -0.4 is 10.1 Å². The normalized spacial score (nSPS) is 11.5. The highest BCUT2D eigenvalue weighted by Crippen LogP contribution is 2.18. The Morgan fingerprint density at radius 1 is 0.968 bits per heavy atom. The second kappa shape index (κ2) is 11.6. The van der Waals surface area contributed by atoms with Crippen molar-refractivity contribution >= 4 is 17.8 Å². The number of amides is 1. The van der Waals surface area contributed by atoms with Gasteiger partial charge in [-0.1, -0.05) is 0 Å². The molecule has 0 aliphatic heterocycles. The number of carbonyl (C=O) groups excluding carboxylic acids is 2. The number of aliphatic hydroxyl groups excluding tert-OH is 1. The SMILES string of the molecule is O=C(O)c1ccc(OCCCCOC(=O)[C@H](CO)NC(=O)c2ccc(F)cc2)c(F)c1. The van der Waals surface area contributed by atoms with Crippen LogP contribution in [0.1, 0.15) is 33.6 Å². The first-order chi connectivity index (χ1) is 14.8. The van der Waals surface area contributed by atoms with Crippen LogP contribution in [0.5, 0.6) is 5.75 Å². The third kappa shape index (κ3) is 7.34. The first-order valence-electron chi connectivity index (χ1n) is 9.31. The Labute approximate surface area is 176 Å².